The van der Waals surface area contributed by atoms with Crippen molar-refractivity contribution < 1.29 is 14.7 Å². The third kappa shape index (κ3) is 2.74. The predicted octanol–water partition coefficient (Wildman–Crippen LogP) is 3.53. The van der Waals surface area contributed by atoms with Gasteiger partial charge in [-0.3, -0.25) is 9.59 Å². The molecule has 1 unspecified atom stereocenters. The van der Waals surface area contributed by atoms with Crippen LogP contribution in [0.3, 0.4) is 0 Å². The van der Waals surface area contributed by atoms with Gasteiger partial charge < -0.3 is 5.11 Å². The molecule has 120 valence electrons. The van der Waals surface area contributed by atoms with Crippen LogP contribution < -0.4 is 0 Å². The van der Waals surface area contributed by atoms with Crippen LogP contribution in [0.1, 0.15) is 53.4 Å². The molecule has 0 heterocycles. The van der Waals surface area contributed by atoms with Crippen molar-refractivity contribution in [2.45, 2.75) is 59.0 Å². The second-order valence-electron chi connectivity index (χ2n) is 7.30. The highest BCUT2D eigenvalue weighted by Gasteiger charge is 2.50. The van der Waals surface area contributed by atoms with Crippen molar-refractivity contribution in [3.63, 3.8) is 0 Å². The summed E-state index contributed by atoms with van der Waals surface area (Å²) >= 11 is 0. The molecule has 0 aromatic rings. The number of rotatable bonds is 4. The molecule has 3 nitrogen and oxygen atoms in total. The minimum Gasteiger partial charge on any atom is -0.381 e. The number of aldehydes is 1. The van der Waals surface area contributed by atoms with Gasteiger partial charge in [0, 0.05) is 17.4 Å². The minimum absolute atomic E-state index is 0.186. The highest BCUT2D eigenvalue weighted by Crippen LogP contribution is 2.50. The average Bonchev–Trinajstić information content (AvgIpc) is 2.37. The van der Waals surface area contributed by atoms with E-state index in [4.69, 9.17) is 0 Å². The van der Waals surface area contributed by atoms with Crippen LogP contribution in [-0.4, -0.2) is 22.8 Å². The molecule has 1 saturated carbocycles. The smallest absolute Gasteiger partial charge is 0.159 e. The third-order valence-electron chi connectivity index (χ3n) is 5.34. The number of Topliss-reactive ketones (excluding diaryl/α,β-unsaturated/α-hetero) is 1. The van der Waals surface area contributed by atoms with Gasteiger partial charge in [0.15, 0.2) is 5.78 Å². The molecule has 0 aromatic heterocycles. The minimum atomic E-state index is -1.15. The Morgan fingerprint density at radius 2 is 1.95 bits per heavy atom. The first-order valence-electron chi connectivity index (χ1n) is 8.01. The van der Waals surface area contributed by atoms with Gasteiger partial charge in [0.2, 0.25) is 0 Å². The normalized spacial score (nSPS) is 29.9. The van der Waals surface area contributed by atoms with Gasteiger partial charge in [-0.25, -0.2) is 0 Å². The second-order valence-corrected chi connectivity index (χ2v) is 7.30. The fourth-order valence-corrected chi connectivity index (χ4v) is 3.55. The summed E-state index contributed by atoms with van der Waals surface area (Å²) in [5.41, 5.74) is 0.709. The van der Waals surface area contributed by atoms with Crippen molar-refractivity contribution in [3.05, 3.63) is 34.9 Å². The number of carbonyl (C=O) groups is 2. The molecule has 0 spiro atoms. The molecule has 1 fully saturated rings. The lowest BCUT2D eigenvalue weighted by atomic mass is 9.59. The Bertz CT molecular complexity index is 573. The van der Waals surface area contributed by atoms with Crippen LogP contribution in [-0.2, 0) is 9.59 Å². The lowest BCUT2D eigenvalue weighted by Crippen LogP contribution is -2.50. The van der Waals surface area contributed by atoms with Gasteiger partial charge in [-0.1, -0.05) is 26.3 Å². The van der Waals surface area contributed by atoms with E-state index in [9.17, 15) is 14.7 Å². The molecule has 3 heteroatoms. The van der Waals surface area contributed by atoms with Crippen LogP contribution in [0, 0.1) is 11.3 Å². The molecule has 2 aliphatic rings. The number of ketones is 1. The van der Waals surface area contributed by atoms with E-state index in [1.807, 2.05) is 27.7 Å². The maximum absolute atomic E-state index is 12.5. The zero-order valence-electron chi connectivity index (χ0n) is 14.0. The molecule has 0 bridgehead atoms. The Kier molecular flexibility index (Phi) is 4.57. The van der Waals surface area contributed by atoms with Gasteiger partial charge in [-0.2, -0.15) is 0 Å². The molecule has 2 aliphatic carbocycles. The summed E-state index contributed by atoms with van der Waals surface area (Å²) in [6, 6.07) is 0. The van der Waals surface area contributed by atoms with Crippen LogP contribution in [0.25, 0.3) is 0 Å². The molecule has 22 heavy (non-hydrogen) atoms. The summed E-state index contributed by atoms with van der Waals surface area (Å²) in [6.07, 6.45) is 9.33. The second kappa shape index (κ2) is 5.96. The maximum Gasteiger partial charge on any atom is 0.159 e. The van der Waals surface area contributed by atoms with E-state index in [-0.39, 0.29) is 5.78 Å². The van der Waals surface area contributed by atoms with E-state index in [1.165, 1.54) is 6.08 Å². The van der Waals surface area contributed by atoms with Gasteiger partial charge in [0.05, 0.1) is 0 Å². The quantitative estimate of drug-likeness (QED) is 0.491. The molecular weight excluding hydrogens is 276 g/mol. The van der Waals surface area contributed by atoms with Crippen LogP contribution in [0.4, 0.5) is 0 Å². The zero-order valence-corrected chi connectivity index (χ0v) is 14.0. The average molecular weight is 302 g/mol. The predicted molar refractivity (Wildman–Crippen MR) is 87.4 cm³/mol. The van der Waals surface area contributed by atoms with Crippen molar-refractivity contribution in [1.82, 2.24) is 0 Å². The standard InChI is InChI=1S/C19H26O3/c1-13(9-11-20)8-10-19(22)14(2)17(15-6-5-7-15)16(21)12-18(19,3)4/h8-11,15,22H,5-7,12H2,1-4H3. The molecule has 0 saturated heterocycles. The van der Waals surface area contributed by atoms with Gasteiger partial charge in [-0.15, -0.1) is 0 Å². The summed E-state index contributed by atoms with van der Waals surface area (Å²) in [6.45, 7) is 7.56. The van der Waals surface area contributed by atoms with Gasteiger partial charge in [0.25, 0.3) is 0 Å². The molecule has 2 rings (SSSR count). The summed E-state index contributed by atoms with van der Waals surface area (Å²) in [5.74, 6) is 0.501. The SMILES string of the molecule is CC(C=CC1(O)C(C)=C(C2CCC2)C(=O)CC1(C)C)=CC=O. The number of hydrogen-bond donors (Lipinski definition) is 1. The van der Waals surface area contributed by atoms with E-state index in [1.54, 1.807) is 12.2 Å². The molecule has 0 amide bonds. The monoisotopic (exact) mass is 302 g/mol. The van der Waals surface area contributed by atoms with E-state index >= 15 is 0 Å². The number of hydrogen-bond acceptors (Lipinski definition) is 3. The molecule has 0 radical (unpaired) electrons. The summed E-state index contributed by atoms with van der Waals surface area (Å²) in [4.78, 5) is 23.1. The van der Waals surface area contributed by atoms with Crippen molar-refractivity contribution >= 4 is 12.1 Å². The topological polar surface area (TPSA) is 54.4 Å². The molecule has 1 N–H and O–H groups in total. The largest absolute Gasteiger partial charge is 0.381 e. The van der Waals surface area contributed by atoms with Crippen molar-refractivity contribution in [1.29, 1.82) is 0 Å². The molecule has 0 aromatic carbocycles. The summed E-state index contributed by atoms with van der Waals surface area (Å²) in [5, 5.41) is 11.3. The van der Waals surface area contributed by atoms with Gasteiger partial charge in [0.1, 0.15) is 11.9 Å². The molecule has 0 aliphatic heterocycles. The Morgan fingerprint density at radius 1 is 1.32 bits per heavy atom. The van der Waals surface area contributed by atoms with Crippen molar-refractivity contribution in [2.24, 2.45) is 11.3 Å². The van der Waals surface area contributed by atoms with Crippen LogP contribution in [0.2, 0.25) is 0 Å². The van der Waals surface area contributed by atoms with E-state index in [2.05, 4.69) is 0 Å². The summed E-state index contributed by atoms with van der Waals surface area (Å²) in [7, 11) is 0. The Hall–Kier alpha value is -1.48. The fourth-order valence-electron chi connectivity index (χ4n) is 3.55. The first-order valence-corrected chi connectivity index (χ1v) is 8.01. The lowest BCUT2D eigenvalue weighted by Gasteiger charge is -2.47. The maximum atomic E-state index is 12.5. The summed E-state index contributed by atoms with van der Waals surface area (Å²) < 4.78 is 0. The van der Waals surface area contributed by atoms with Crippen molar-refractivity contribution in [3.8, 4) is 0 Å². The highest BCUT2D eigenvalue weighted by molar-refractivity contribution is 5.99. The van der Waals surface area contributed by atoms with E-state index in [0.29, 0.717) is 12.3 Å². The van der Waals surface area contributed by atoms with Gasteiger partial charge >= 0.3 is 0 Å². The van der Waals surface area contributed by atoms with Crippen LogP contribution >= 0.6 is 0 Å². The molecular formula is C19H26O3. The Balaban J connectivity index is 2.48. The van der Waals surface area contributed by atoms with E-state index < -0.39 is 11.0 Å². The van der Waals surface area contributed by atoms with Crippen molar-refractivity contribution in [2.75, 3.05) is 0 Å². The number of carbonyl (C=O) groups excluding carboxylic acids is 2. The highest BCUT2D eigenvalue weighted by atomic mass is 16.3. The van der Waals surface area contributed by atoms with E-state index in [0.717, 1.165) is 42.3 Å². The Labute approximate surface area is 132 Å². The fraction of sp³-hybridized carbons (Fsp3) is 0.579. The zero-order chi connectivity index (χ0) is 16.5. The third-order valence-corrected chi connectivity index (χ3v) is 5.34. The first-order chi connectivity index (χ1) is 10.2. The number of aliphatic hydroxyl groups is 1. The Morgan fingerprint density at radius 3 is 2.45 bits per heavy atom. The van der Waals surface area contributed by atoms with Crippen LogP contribution in [0.5, 0.6) is 0 Å². The van der Waals surface area contributed by atoms with Gasteiger partial charge in [-0.05, 0) is 55.9 Å². The number of allylic oxidation sites excluding steroid dienone is 4. The van der Waals surface area contributed by atoms with Crippen LogP contribution in [0.15, 0.2) is 34.9 Å². The lowest BCUT2D eigenvalue weighted by molar-refractivity contribution is -0.123. The molecule has 1 atom stereocenters. The first kappa shape index (κ1) is 16.9.